The fourth-order valence-electron chi connectivity index (χ4n) is 3.08. The molecule has 1 atom stereocenters. The SMILES string of the molecule is O=C(C#CCO)NCc1ccc2c(c1)CN(C1CCC(=O)NC1=O)C2=O. The van der Waals surface area contributed by atoms with E-state index >= 15 is 0 Å². The van der Waals surface area contributed by atoms with E-state index in [1.165, 1.54) is 4.90 Å². The minimum Gasteiger partial charge on any atom is -0.384 e. The number of benzene rings is 1. The van der Waals surface area contributed by atoms with Crippen molar-refractivity contribution in [2.24, 2.45) is 0 Å². The lowest BCUT2D eigenvalue weighted by Crippen LogP contribution is -2.52. The number of piperidine rings is 1. The lowest BCUT2D eigenvalue weighted by molar-refractivity contribution is -0.137. The summed E-state index contributed by atoms with van der Waals surface area (Å²) in [5, 5.41) is 13.4. The van der Waals surface area contributed by atoms with Crippen LogP contribution in [0.15, 0.2) is 18.2 Å². The number of aliphatic hydroxyl groups excluding tert-OH is 1. The summed E-state index contributed by atoms with van der Waals surface area (Å²) >= 11 is 0. The second-order valence-corrected chi connectivity index (χ2v) is 6.03. The third kappa shape index (κ3) is 3.58. The van der Waals surface area contributed by atoms with Crippen molar-refractivity contribution >= 4 is 23.6 Å². The topological polar surface area (TPSA) is 116 Å². The van der Waals surface area contributed by atoms with Crippen LogP contribution in [0.5, 0.6) is 0 Å². The molecule has 1 fully saturated rings. The summed E-state index contributed by atoms with van der Waals surface area (Å²) in [5.74, 6) is 2.99. The molecular weight excluding hydrogens is 338 g/mol. The summed E-state index contributed by atoms with van der Waals surface area (Å²) in [4.78, 5) is 48.8. The summed E-state index contributed by atoms with van der Waals surface area (Å²) < 4.78 is 0. The zero-order chi connectivity index (χ0) is 18.7. The molecule has 2 aliphatic heterocycles. The number of imide groups is 1. The quantitative estimate of drug-likeness (QED) is 0.478. The third-order valence-corrected chi connectivity index (χ3v) is 4.32. The van der Waals surface area contributed by atoms with Crippen molar-refractivity contribution in [2.45, 2.75) is 32.0 Å². The summed E-state index contributed by atoms with van der Waals surface area (Å²) in [6, 6.07) is 4.55. The van der Waals surface area contributed by atoms with Crippen LogP contribution in [0.25, 0.3) is 0 Å². The van der Waals surface area contributed by atoms with Gasteiger partial charge in [-0.3, -0.25) is 24.5 Å². The van der Waals surface area contributed by atoms with Gasteiger partial charge in [0.15, 0.2) is 0 Å². The van der Waals surface area contributed by atoms with E-state index in [1.54, 1.807) is 18.2 Å². The summed E-state index contributed by atoms with van der Waals surface area (Å²) in [7, 11) is 0. The highest BCUT2D eigenvalue weighted by Gasteiger charge is 2.38. The van der Waals surface area contributed by atoms with E-state index in [-0.39, 0.29) is 37.9 Å². The molecule has 2 aliphatic rings. The number of aliphatic hydroxyl groups is 1. The number of nitrogens with zero attached hydrogens (tertiary/aromatic N) is 1. The Kier molecular flexibility index (Phi) is 5.00. The van der Waals surface area contributed by atoms with E-state index in [1.807, 2.05) is 0 Å². The van der Waals surface area contributed by atoms with E-state index < -0.39 is 17.9 Å². The average Bonchev–Trinajstić information content (AvgIpc) is 2.94. The maximum absolute atomic E-state index is 12.6. The van der Waals surface area contributed by atoms with E-state index in [2.05, 4.69) is 22.5 Å². The Morgan fingerprint density at radius 2 is 2.15 bits per heavy atom. The molecule has 4 amide bonds. The molecule has 1 unspecified atom stereocenters. The van der Waals surface area contributed by atoms with Crippen molar-refractivity contribution in [1.82, 2.24) is 15.5 Å². The molecule has 1 aromatic carbocycles. The van der Waals surface area contributed by atoms with Crippen molar-refractivity contribution in [3.05, 3.63) is 34.9 Å². The summed E-state index contributed by atoms with van der Waals surface area (Å²) in [6.45, 7) is 0.135. The molecule has 1 aromatic rings. The highest BCUT2D eigenvalue weighted by Crippen LogP contribution is 2.28. The number of rotatable bonds is 3. The monoisotopic (exact) mass is 355 g/mol. The van der Waals surface area contributed by atoms with Gasteiger partial charge in [0.25, 0.3) is 11.8 Å². The maximum Gasteiger partial charge on any atom is 0.296 e. The van der Waals surface area contributed by atoms with Crippen LogP contribution in [0.3, 0.4) is 0 Å². The van der Waals surface area contributed by atoms with Gasteiger partial charge < -0.3 is 15.3 Å². The standard InChI is InChI=1S/C18H17N3O5/c22-7-1-2-15(23)19-9-11-3-4-13-12(8-11)10-21(18(13)26)14-5-6-16(24)20-17(14)25/h3-4,8,14,22H,5-7,9-10H2,(H,19,23)(H,20,24,25). The van der Waals surface area contributed by atoms with Crippen molar-refractivity contribution in [3.63, 3.8) is 0 Å². The van der Waals surface area contributed by atoms with Crippen LogP contribution < -0.4 is 10.6 Å². The Hall–Kier alpha value is -3.18. The van der Waals surface area contributed by atoms with E-state index in [0.717, 1.165) is 11.1 Å². The van der Waals surface area contributed by atoms with Crippen LogP contribution in [0.2, 0.25) is 0 Å². The number of carbonyl (C=O) groups is 4. The van der Waals surface area contributed by atoms with E-state index in [4.69, 9.17) is 5.11 Å². The molecule has 1 saturated heterocycles. The smallest absolute Gasteiger partial charge is 0.296 e. The zero-order valence-corrected chi connectivity index (χ0v) is 13.9. The van der Waals surface area contributed by atoms with Gasteiger partial charge in [0.2, 0.25) is 11.8 Å². The second-order valence-electron chi connectivity index (χ2n) is 6.03. The molecule has 8 heteroatoms. The predicted octanol–water partition coefficient (Wildman–Crippen LogP) is -0.940. The van der Waals surface area contributed by atoms with Crippen LogP contribution in [-0.2, 0) is 27.5 Å². The molecule has 0 aromatic heterocycles. The molecule has 0 aliphatic carbocycles. The van der Waals surface area contributed by atoms with Gasteiger partial charge >= 0.3 is 0 Å². The van der Waals surface area contributed by atoms with Crippen LogP contribution >= 0.6 is 0 Å². The van der Waals surface area contributed by atoms with Crippen molar-refractivity contribution < 1.29 is 24.3 Å². The first-order valence-electron chi connectivity index (χ1n) is 8.13. The van der Waals surface area contributed by atoms with Gasteiger partial charge in [-0.1, -0.05) is 18.1 Å². The molecule has 0 spiro atoms. The minimum absolute atomic E-state index is 0.211. The van der Waals surface area contributed by atoms with Crippen molar-refractivity contribution in [3.8, 4) is 11.8 Å². The Morgan fingerprint density at radius 1 is 1.35 bits per heavy atom. The van der Waals surface area contributed by atoms with Crippen LogP contribution in [0.4, 0.5) is 0 Å². The first kappa shape index (κ1) is 17.6. The number of amides is 4. The van der Waals surface area contributed by atoms with Gasteiger partial charge in [-0.05, 0) is 29.5 Å². The van der Waals surface area contributed by atoms with Crippen molar-refractivity contribution in [2.75, 3.05) is 6.61 Å². The molecule has 26 heavy (non-hydrogen) atoms. The largest absolute Gasteiger partial charge is 0.384 e. The Balaban J connectivity index is 1.69. The van der Waals surface area contributed by atoms with Gasteiger partial charge in [0, 0.05) is 25.1 Å². The lowest BCUT2D eigenvalue weighted by atomic mass is 10.0. The highest BCUT2D eigenvalue weighted by atomic mass is 16.2. The number of carbonyl (C=O) groups excluding carboxylic acids is 4. The first-order valence-corrected chi connectivity index (χ1v) is 8.13. The number of hydrogen-bond acceptors (Lipinski definition) is 5. The van der Waals surface area contributed by atoms with Gasteiger partial charge in [-0.15, -0.1) is 0 Å². The fraction of sp³-hybridized carbons (Fsp3) is 0.333. The molecule has 0 saturated carbocycles. The maximum atomic E-state index is 12.6. The normalized spacial score (nSPS) is 18.7. The molecule has 0 bridgehead atoms. The van der Waals surface area contributed by atoms with Crippen LogP contribution in [0, 0.1) is 11.8 Å². The fourth-order valence-corrected chi connectivity index (χ4v) is 3.08. The molecule has 134 valence electrons. The van der Waals surface area contributed by atoms with Gasteiger partial charge in [0.05, 0.1) is 0 Å². The van der Waals surface area contributed by atoms with Gasteiger partial charge in [-0.2, -0.15) is 0 Å². The molecule has 3 rings (SSSR count). The molecule has 2 heterocycles. The minimum atomic E-state index is -0.649. The van der Waals surface area contributed by atoms with Gasteiger partial charge in [-0.25, -0.2) is 0 Å². The Morgan fingerprint density at radius 3 is 2.88 bits per heavy atom. The predicted molar refractivity (Wildman–Crippen MR) is 89.2 cm³/mol. The number of hydrogen-bond donors (Lipinski definition) is 3. The van der Waals surface area contributed by atoms with Crippen LogP contribution in [-0.4, -0.2) is 46.3 Å². The average molecular weight is 355 g/mol. The Labute approximate surface area is 149 Å². The molecular formula is C18H17N3O5. The highest BCUT2D eigenvalue weighted by molar-refractivity contribution is 6.05. The number of nitrogens with one attached hydrogen (secondary N) is 2. The third-order valence-electron chi connectivity index (χ3n) is 4.32. The molecule has 0 radical (unpaired) electrons. The second kappa shape index (κ2) is 7.37. The lowest BCUT2D eigenvalue weighted by Gasteiger charge is -2.29. The summed E-state index contributed by atoms with van der Waals surface area (Å²) in [5.41, 5.74) is 2.08. The van der Waals surface area contributed by atoms with Crippen LogP contribution in [0.1, 0.15) is 34.3 Å². The van der Waals surface area contributed by atoms with Gasteiger partial charge in [0.1, 0.15) is 12.6 Å². The molecule has 3 N–H and O–H groups in total. The first-order chi connectivity index (χ1) is 12.5. The van der Waals surface area contributed by atoms with E-state index in [0.29, 0.717) is 12.0 Å². The van der Waals surface area contributed by atoms with Crippen molar-refractivity contribution in [1.29, 1.82) is 0 Å². The Bertz CT molecular complexity index is 852. The zero-order valence-electron chi connectivity index (χ0n) is 13.9. The summed E-state index contributed by atoms with van der Waals surface area (Å²) in [6.07, 6.45) is 0.527. The number of fused-ring (bicyclic) bond motifs is 1. The molecule has 8 nitrogen and oxygen atoms in total. The van der Waals surface area contributed by atoms with E-state index in [9.17, 15) is 19.2 Å².